The summed E-state index contributed by atoms with van der Waals surface area (Å²) in [6.07, 6.45) is 2.04. The van der Waals surface area contributed by atoms with E-state index in [-0.39, 0.29) is 28.9 Å². The van der Waals surface area contributed by atoms with E-state index in [1.807, 2.05) is 6.92 Å². The standard InChI is InChI=1S/C19H20ClN3O4S/c1-3-4-5-12-16(25)21-19(22-17(12)26)28-14-9-15(24)23(18(14)27)13-8-11(20)7-6-10(13)2/h6-8,14H,3-5,9H2,1-2H3,(H2,21,22,25,26). The number of aromatic amines is 1. The van der Waals surface area contributed by atoms with Gasteiger partial charge in [-0.3, -0.25) is 14.4 Å². The molecule has 1 aromatic carbocycles. The molecule has 1 aliphatic heterocycles. The number of aryl methyl sites for hydroxylation is 1. The van der Waals surface area contributed by atoms with E-state index in [0.29, 0.717) is 17.1 Å². The quantitative estimate of drug-likeness (QED) is 0.548. The number of aromatic nitrogens is 2. The van der Waals surface area contributed by atoms with Crippen molar-refractivity contribution in [2.24, 2.45) is 0 Å². The van der Waals surface area contributed by atoms with Crippen molar-refractivity contribution in [2.75, 3.05) is 4.90 Å². The number of benzene rings is 1. The van der Waals surface area contributed by atoms with Crippen LogP contribution in [0.1, 0.15) is 37.3 Å². The Morgan fingerprint density at radius 2 is 2.11 bits per heavy atom. The average molecular weight is 422 g/mol. The van der Waals surface area contributed by atoms with Gasteiger partial charge in [-0.1, -0.05) is 42.8 Å². The van der Waals surface area contributed by atoms with Crippen molar-refractivity contribution in [3.8, 4) is 5.88 Å². The number of rotatable bonds is 6. The van der Waals surface area contributed by atoms with Gasteiger partial charge in [-0.2, -0.15) is 4.98 Å². The van der Waals surface area contributed by atoms with E-state index in [0.717, 1.165) is 35.1 Å². The van der Waals surface area contributed by atoms with Crippen molar-refractivity contribution >= 4 is 40.9 Å². The van der Waals surface area contributed by atoms with E-state index in [9.17, 15) is 19.5 Å². The van der Waals surface area contributed by atoms with Crippen LogP contribution in [0.4, 0.5) is 5.69 Å². The first-order valence-corrected chi connectivity index (χ1v) is 10.2. The third-order valence-electron chi connectivity index (χ3n) is 4.52. The lowest BCUT2D eigenvalue weighted by molar-refractivity contribution is -0.121. The maximum absolute atomic E-state index is 12.8. The number of anilines is 1. The van der Waals surface area contributed by atoms with Crippen LogP contribution < -0.4 is 10.5 Å². The van der Waals surface area contributed by atoms with Crippen molar-refractivity contribution in [1.82, 2.24) is 9.97 Å². The van der Waals surface area contributed by atoms with Crippen molar-refractivity contribution in [1.29, 1.82) is 0 Å². The molecule has 0 radical (unpaired) electrons. The number of unbranched alkanes of at least 4 members (excludes halogenated alkanes) is 1. The van der Waals surface area contributed by atoms with E-state index in [1.165, 1.54) is 0 Å². The third kappa shape index (κ3) is 4.07. The van der Waals surface area contributed by atoms with Gasteiger partial charge in [0.05, 0.1) is 11.3 Å². The zero-order valence-corrected chi connectivity index (χ0v) is 17.1. The number of nitrogens with zero attached hydrogens (tertiary/aromatic N) is 2. The van der Waals surface area contributed by atoms with Crippen LogP contribution in [0.25, 0.3) is 0 Å². The highest BCUT2D eigenvalue weighted by Crippen LogP contribution is 2.35. The molecule has 2 amide bonds. The van der Waals surface area contributed by atoms with Crippen LogP contribution in [0.2, 0.25) is 5.02 Å². The second-order valence-electron chi connectivity index (χ2n) is 6.59. The number of carbonyl (C=O) groups excluding carboxylic acids is 2. The molecule has 0 saturated carbocycles. The Hall–Kier alpha value is -2.32. The SMILES string of the molecule is CCCCc1c(O)nc(SC2CC(=O)N(c3cc(Cl)ccc3C)C2=O)[nH]c1=O. The van der Waals surface area contributed by atoms with Crippen molar-refractivity contribution in [3.05, 3.63) is 44.7 Å². The summed E-state index contributed by atoms with van der Waals surface area (Å²) in [7, 11) is 0. The molecule has 148 valence electrons. The van der Waals surface area contributed by atoms with Gasteiger partial charge >= 0.3 is 0 Å². The predicted octanol–water partition coefficient (Wildman–Crippen LogP) is 3.20. The maximum atomic E-state index is 12.8. The van der Waals surface area contributed by atoms with Crippen LogP contribution in [0.5, 0.6) is 5.88 Å². The molecule has 0 bridgehead atoms. The largest absolute Gasteiger partial charge is 0.493 e. The Labute approximate surface area is 171 Å². The summed E-state index contributed by atoms with van der Waals surface area (Å²) in [6, 6.07) is 5.01. The van der Waals surface area contributed by atoms with Crippen molar-refractivity contribution in [2.45, 2.75) is 49.9 Å². The number of carbonyl (C=O) groups is 2. The lowest BCUT2D eigenvalue weighted by Crippen LogP contribution is -2.31. The van der Waals surface area contributed by atoms with Gasteiger partial charge in [0.2, 0.25) is 17.7 Å². The monoisotopic (exact) mass is 421 g/mol. The Balaban J connectivity index is 1.83. The van der Waals surface area contributed by atoms with Crippen LogP contribution in [-0.2, 0) is 16.0 Å². The molecule has 28 heavy (non-hydrogen) atoms. The van der Waals surface area contributed by atoms with Gasteiger partial charge in [-0.25, -0.2) is 4.90 Å². The molecule has 1 saturated heterocycles. The highest BCUT2D eigenvalue weighted by atomic mass is 35.5. The molecule has 0 aliphatic carbocycles. The number of nitrogens with one attached hydrogen (secondary N) is 1. The number of thioether (sulfide) groups is 1. The maximum Gasteiger partial charge on any atom is 0.258 e. The fourth-order valence-electron chi connectivity index (χ4n) is 3.01. The van der Waals surface area contributed by atoms with Crippen LogP contribution in [0.15, 0.2) is 28.2 Å². The topological polar surface area (TPSA) is 103 Å². The van der Waals surface area contributed by atoms with E-state index in [2.05, 4.69) is 9.97 Å². The molecule has 1 fully saturated rings. The van der Waals surface area contributed by atoms with Crippen LogP contribution in [-0.4, -0.2) is 32.1 Å². The number of imide groups is 1. The van der Waals surface area contributed by atoms with Gasteiger partial charge in [0.1, 0.15) is 5.25 Å². The number of hydrogen-bond acceptors (Lipinski definition) is 6. The summed E-state index contributed by atoms with van der Waals surface area (Å²) >= 11 is 6.97. The van der Waals surface area contributed by atoms with Gasteiger partial charge < -0.3 is 10.1 Å². The van der Waals surface area contributed by atoms with Gasteiger partial charge in [-0.05, 0) is 37.5 Å². The van der Waals surface area contributed by atoms with Crippen LogP contribution in [0, 0.1) is 6.92 Å². The zero-order chi connectivity index (χ0) is 20.4. The van der Waals surface area contributed by atoms with Crippen molar-refractivity contribution in [3.63, 3.8) is 0 Å². The Kier molecular flexibility index (Phi) is 6.10. The second-order valence-corrected chi connectivity index (χ2v) is 8.21. The number of halogens is 1. The molecular formula is C19H20ClN3O4S. The second kappa shape index (κ2) is 8.36. The van der Waals surface area contributed by atoms with Gasteiger partial charge in [0, 0.05) is 11.4 Å². The molecule has 2 heterocycles. The number of aromatic hydroxyl groups is 1. The summed E-state index contributed by atoms with van der Waals surface area (Å²) in [5.41, 5.74) is 1.00. The lowest BCUT2D eigenvalue weighted by Gasteiger charge is -2.17. The minimum atomic E-state index is -0.741. The fourth-order valence-corrected chi connectivity index (χ4v) is 4.17. The number of amides is 2. The van der Waals surface area contributed by atoms with Gasteiger partial charge in [0.25, 0.3) is 5.56 Å². The first-order valence-electron chi connectivity index (χ1n) is 8.93. The molecule has 7 nitrogen and oxygen atoms in total. The molecule has 1 unspecified atom stereocenters. The Bertz CT molecular complexity index is 992. The smallest absolute Gasteiger partial charge is 0.258 e. The number of H-pyrrole nitrogens is 1. The number of hydrogen-bond donors (Lipinski definition) is 2. The molecule has 9 heteroatoms. The van der Waals surface area contributed by atoms with E-state index in [1.54, 1.807) is 25.1 Å². The zero-order valence-electron chi connectivity index (χ0n) is 15.5. The first-order chi connectivity index (χ1) is 13.3. The fraction of sp³-hybridized carbons (Fsp3) is 0.368. The molecule has 3 rings (SSSR count). The van der Waals surface area contributed by atoms with E-state index < -0.39 is 16.7 Å². The highest BCUT2D eigenvalue weighted by molar-refractivity contribution is 8.00. The van der Waals surface area contributed by atoms with Crippen molar-refractivity contribution < 1.29 is 14.7 Å². The molecule has 1 atom stereocenters. The minimum Gasteiger partial charge on any atom is -0.493 e. The molecular weight excluding hydrogens is 402 g/mol. The Morgan fingerprint density at radius 3 is 2.79 bits per heavy atom. The predicted molar refractivity (Wildman–Crippen MR) is 108 cm³/mol. The normalized spacial score (nSPS) is 16.8. The molecule has 2 aromatic rings. The molecule has 2 N–H and O–H groups in total. The summed E-state index contributed by atoms with van der Waals surface area (Å²) in [4.78, 5) is 45.2. The molecule has 0 spiro atoms. The van der Waals surface area contributed by atoms with Gasteiger partial charge in [-0.15, -0.1) is 0 Å². The summed E-state index contributed by atoms with van der Waals surface area (Å²) in [5, 5.41) is 9.86. The summed E-state index contributed by atoms with van der Waals surface area (Å²) in [5.74, 6) is -1.09. The molecule has 1 aromatic heterocycles. The van der Waals surface area contributed by atoms with Crippen LogP contribution in [0.3, 0.4) is 0 Å². The van der Waals surface area contributed by atoms with E-state index >= 15 is 0 Å². The first kappa shape index (κ1) is 20.4. The van der Waals surface area contributed by atoms with E-state index in [4.69, 9.17) is 11.6 Å². The summed E-state index contributed by atoms with van der Waals surface area (Å²) in [6.45, 7) is 3.78. The highest BCUT2D eigenvalue weighted by Gasteiger charge is 2.41. The summed E-state index contributed by atoms with van der Waals surface area (Å²) < 4.78 is 0. The minimum absolute atomic E-state index is 0.0302. The lowest BCUT2D eigenvalue weighted by atomic mass is 10.1. The Morgan fingerprint density at radius 1 is 1.36 bits per heavy atom. The molecule has 1 aliphatic rings. The third-order valence-corrected chi connectivity index (χ3v) is 5.83. The van der Waals surface area contributed by atoms with Crippen LogP contribution >= 0.6 is 23.4 Å². The average Bonchev–Trinajstić information content (AvgIpc) is 2.90. The van der Waals surface area contributed by atoms with Gasteiger partial charge in [0.15, 0.2) is 5.16 Å².